The second-order valence-electron chi connectivity index (χ2n) is 4.11. The Hall–Kier alpha value is 0.420. The van der Waals surface area contributed by atoms with Gasteiger partial charge in [0.05, 0.1) is 6.61 Å². The fraction of sp³-hybridized carbons (Fsp3) is 1.00. The summed E-state index contributed by atoms with van der Waals surface area (Å²) >= 11 is 1.03. The van der Waals surface area contributed by atoms with Crippen LogP contribution in [0.3, 0.4) is 0 Å². The summed E-state index contributed by atoms with van der Waals surface area (Å²) < 4.78 is 9.33. The van der Waals surface area contributed by atoms with Gasteiger partial charge in [0.1, 0.15) is 0 Å². The zero-order valence-electron chi connectivity index (χ0n) is 8.67. The van der Waals surface area contributed by atoms with Gasteiger partial charge >= 0.3 is 7.60 Å². The SMILES string of the molecule is C[C@H]1CCC[C@@H]1SC(N)(CO)P(=O)(O)O. The molecule has 0 aromatic carbocycles. The van der Waals surface area contributed by atoms with Gasteiger partial charge in [-0.2, -0.15) is 0 Å². The van der Waals surface area contributed by atoms with Crippen molar-refractivity contribution in [1.29, 1.82) is 0 Å². The molecule has 0 amide bonds. The van der Waals surface area contributed by atoms with Crippen LogP contribution in [0.4, 0.5) is 0 Å². The molecule has 7 heteroatoms. The number of aliphatic hydroxyl groups excluding tert-OH is 1. The van der Waals surface area contributed by atoms with Crippen LogP contribution in [0.25, 0.3) is 0 Å². The van der Waals surface area contributed by atoms with E-state index in [1.165, 1.54) is 0 Å². The molecule has 0 saturated heterocycles. The highest BCUT2D eigenvalue weighted by Gasteiger charge is 2.46. The highest BCUT2D eigenvalue weighted by atomic mass is 32.2. The Labute approximate surface area is 93.6 Å². The molecular formula is C8H18NO4PS. The Bertz CT molecular complexity index is 271. The average molecular weight is 255 g/mol. The van der Waals surface area contributed by atoms with Crippen LogP contribution >= 0.6 is 19.4 Å². The van der Waals surface area contributed by atoms with Crippen LogP contribution in [0.1, 0.15) is 26.2 Å². The zero-order valence-corrected chi connectivity index (χ0v) is 10.4. The Morgan fingerprint density at radius 3 is 2.47 bits per heavy atom. The second-order valence-corrected chi connectivity index (χ2v) is 7.87. The van der Waals surface area contributed by atoms with E-state index in [-0.39, 0.29) is 5.25 Å². The molecule has 1 saturated carbocycles. The largest absolute Gasteiger partial charge is 0.393 e. The lowest BCUT2D eigenvalue weighted by Gasteiger charge is -2.31. The maximum atomic E-state index is 11.2. The molecule has 0 bridgehead atoms. The van der Waals surface area contributed by atoms with Crippen molar-refractivity contribution in [1.82, 2.24) is 0 Å². The molecule has 1 unspecified atom stereocenters. The molecule has 3 atom stereocenters. The van der Waals surface area contributed by atoms with Crippen LogP contribution in [0.15, 0.2) is 0 Å². The smallest absolute Gasteiger partial charge is 0.357 e. The van der Waals surface area contributed by atoms with E-state index in [1.807, 2.05) is 6.92 Å². The maximum Gasteiger partial charge on any atom is 0.357 e. The van der Waals surface area contributed by atoms with Crippen LogP contribution in [0.5, 0.6) is 0 Å². The summed E-state index contributed by atoms with van der Waals surface area (Å²) in [6.45, 7) is 1.34. The van der Waals surface area contributed by atoms with Crippen molar-refractivity contribution in [2.75, 3.05) is 6.61 Å². The minimum atomic E-state index is -4.48. The van der Waals surface area contributed by atoms with E-state index in [9.17, 15) is 4.57 Å². The van der Waals surface area contributed by atoms with E-state index in [2.05, 4.69) is 0 Å². The summed E-state index contributed by atoms with van der Waals surface area (Å²) in [6, 6.07) is 0. The molecule has 5 N–H and O–H groups in total. The van der Waals surface area contributed by atoms with Crippen molar-refractivity contribution in [2.24, 2.45) is 11.7 Å². The van der Waals surface area contributed by atoms with E-state index < -0.39 is 18.8 Å². The lowest BCUT2D eigenvalue weighted by atomic mass is 10.1. The van der Waals surface area contributed by atoms with Crippen molar-refractivity contribution in [3.05, 3.63) is 0 Å². The quantitative estimate of drug-likeness (QED) is 0.435. The van der Waals surface area contributed by atoms with Gasteiger partial charge in [0.2, 0.25) is 0 Å². The third kappa shape index (κ3) is 2.96. The molecule has 1 aliphatic carbocycles. The van der Waals surface area contributed by atoms with Gasteiger partial charge in [-0.05, 0) is 18.8 Å². The lowest BCUT2D eigenvalue weighted by molar-refractivity contribution is 0.254. The molecule has 15 heavy (non-hydrogen) atoms. The number of thioether (sulfide) groups is 1. The standard InChI is InChI=1S/C8H18NO4PS/c1-6-3-2-4-7(6)15-8(9,5-10)14(11,12)13/h6-7,10H,2-5,9H2,1H3,(H2,11,12,13)/t6-,7-,8?/m0/s1. The molecule has 1 fully saturated rings. The highest BCUT2D eigenvalue weighted by Crippen LogP contribution is 2.56. The number of nitrogens with two attached hydrogens (primary N) is 1. The zero-order chi connectivity index (χ0) is 11.7. The predicted octanol–water partition coefficient (Wildman–Crippen LogP) is 0.691. The molecule has 1 rings (SSSR count). The van der Waals surface area contributed by atoms with Gasteiger partial charge in [-0.25, -0.2) is 0 Å². The van der Waals surface area contributed by atoms with Crippen LogP contribution < -0.4 is 5.73 Å². The summed E-state index contributed by atoms with van der Waals surface area (Å²) in [5.74, 6) is 0.399. The third-order valence-corrected chi connectivity index (χ3v) is 6.56. The fourth-order valence-electron chi connectivity index (χ4n) is 1.75. The first kappa shape index (κ1) is 13.5. The highest BCUT2D eigenvalue weighted by molar-refractivity contribution is 8.06. The Balaban J connectivity index is 2.72. The van der Waals surface area contributed by atoms with Gasteiger partial charge in [0.15, 0.2) is 4.61 Å². The van der Waals surface area contributed by atoms with Crippen LogP contribution in [-0.2, 0) is 4.57 Å². The summed E-state index contributed by atoms with van der Waals surface area (Å²) in [5, 5.41) is 9.16. The van der Waals surface area contributed by atoms with Crippen molar-refractivity contribution in [2.45, 2.75) is 36.0 Å². The molecule has 0 heterocycles. The summed E-state index contributed by atoms with van der Waals surface area (Å²) in [7, 11) is -4.48. The molecule has 90 valence electrons. The van der Waals surface area contributed by atoms with Crippen molar-refractivity contribution in [3.63, 3.8) is 0 Å². The Morgan fingerprint density at radius 2 is 2.13 bits per heavy atom. The van der Waals surface area contributed by atoms with Gasteiger partial charge in [0, 0.05) is 5.25 Å². The van der Waals surface area contributed by atoms with E-state index in [4.69, 9.17) is 20.6 Å². The molecule has 0 aliphatic heterocycles. The van der Waals surface area contributed by atoms with Crippen molar-refractivity contribution in [3.8, 4) is 0 Å². The Kier molecular flexibility index (Phi) is 4.26. The lowest BCUT2D eigenvalue weighted by Crippen LogP contribution is -2.41. The number of hydrogen-bond donors (Lipinski definition) is 4. The average Bonchev–Trinajstić information content (AvgIpc) is 2.50. The van der Waals surface area contributed by atoms with Crippen LogP contribution in [0, 0.1) is 5.92 Å². The number of aliphatic hydroxyl groups is 1. The molecule has 1 aliphatic rings. The van der Waals surface area contributed by atoms with E-state index in [1.54, 1.807) is 0 Å². The molecule has 0 aromatic heterocycles. The first-order chi connectivity index (χ1) is 6.80. The first-order valence-corrected chi connectivity index (χ1v) is 7.42. The van der Waals surface area contributed by atoms with Gasteiger partial charge in [-0.3, -0.25) is 4.57 Å². The summed E-state index contributed by atoms with van der Waals surface area (Å²) in [5.41, 5.74) is 5.57. The summed E-state index contributed by atoms with van der Waals surface area (Å²) in [4.78, 5) is 18.2. The van der Waals surface area contributed by atoms with Gasteiger partial charge in [-0.15, -0.1) is 11.8 Å². The van der Waals surface area contributed by atoms with Gasteiger partial charge in [-0.1, -0.05) is 13.3 Å². The maximum absolute atomic E-state index is 11.2. The van der Waals surface area contributed by atoms with Crippen molar-refractivity contribution < 1.29 is 19.5 Å². The molecule has 0 radical (unpaired) electrons. The molecular weight excluding hydrogens is 237 g/mol. The molecule has 5 nitrogen and oxygen atoms in total. The monoisotopic (exact) mass is 255 g/mol. The van der Waals surface area contributed by atoms with E-state index in [0.29, 0.717) is 5.92 Å². The third-order valence-electron chi connectivity index (χ3n) is 2.86. The minimum absolute atomic E-state index is 0.134. The second kappa shape index (κ2) is 4.73. The minimum Gasteiger partial charge on any atom is -0.393 e. The topological polar surface area (TPSA) is 104 Å². The predicted molar refractivity (Wildman–Crippen MR) is 60.4 cm³/mol. The van der Waals surface area contributed by atoms with Gasteiger partial charge < -0.3 is 20.6 Å². The van der Waals surface area contributed by atoms with Crippen molar-refractivity contribution >= 4 is 19.4 Å². The van der Waals surface area contributed by atoms with Gasteiger partial charge in [0.25, 0.3) is 0 Å². The molecule has 0 spiro atoms. The normalized spacial score (nSPS) is 31.5. The van der Waals surface area contributed by atoms with Crippen LogP contribution in [-0.4, -0.2) is 31.4 Å². The summed E-state index contributed by atoms with van der Waals surface area (Å²) in [6.07, 6.45) is 3.02. The number of rotatable bonds is 4. The van der Waals surface area contributed by atoms with E-state index >= 15 is 0 Å². The van der Waals surface area contributed by atoms with E-state index in [0.717, 1.165) is 31.0 Å². The molecule has 0 aromatic rings. The Morgan fingerprint density at radius 1 is 1.53 bits per heavy atom. The number of hydrogen-bond acceptors (Lipinski definition) is 4. The van der Waals surface area contributed by atoms with Crippen LogP contribution in [0.2, 0.25) is 0 Å². The first-order valence-electron chi connectivity index (χ1n) is 4.93. The fourth-order valence-corrected chi connectivity index (χ4v) is 4.14.